The lowest BCUT2D eigenvalue weighted by Gasteiger charge is -2.27. The Bertz CT molecular complexity index is 451. The number of anilines is 1. The summed E-state index contributed by atoms with van der Waals surface area (Å²) < 4.78 is 12.8. The molecule has 2 rings (SSSR count). The summed E-state index contributed by atoms with van der Waals surface area (Å²) in [7, 11) is 1.62. The Kier molecular flexibility index (Phi) is 3.57. The quantitative estimate of drug-likeness (QED) is 0.770. The minimum absolute atomic E-state index is 0.122. The molecule has 6 heteroatoms. The highest BCUT2D eigenvalue weighted by atomic mass is 19.1. The highest BCUT2D eigenvalue weighted by Crippen LogP contribution is 2.14. The summed E-state index contributed by atoms with van der Waals surface area (Å²) in [5.41, 5.74) is 0.611. The molecule has 1 unspecified atom stereocenters. The summed E-state index contributed by atoms with van der Waals surface area (Å²) in [5.74, 6) is -0.632. The molecule has 1 aliphatic heterocycles. The van der Waals surface area contributed by atoms with Crippen molar-refractivity contribution >= 4 is 17.5 Å². The van der Waals surface area contributed by atoms with Crippen LogP contribution in [0.25, 0.3) is 0 Å². The first-order valence-electron chi connectivity index (χ1n) is 5.61. The second-order valence-electron chi connectivity index (χ2n) is 4.11. The van der Waals surface area contributed by atoms with E-state index < -0.39 is 6.04 Å². The third-order valence-corrected chi connectivity index (χ3v) is 2.85. The number of hydrogen-bond donors (Lipinski definition) is 2. The summed E-state index contributed by atoms with van der Waals surface area (Å²) in [6.07, 6.45) is 0. The number of benzene rings is 1. The van der Waals surface area contributed by atoms with Crippen LogP contribution < -0.4 is 15.5 Å². The van der Waals surface area contributed by atoms with Crippen molar-refractivity contribution in [3.05, 3.63) is 30.1 Å². The predicted molar refractivity (Wildman–Crippen MR) is 64.6 cm³/mol. The molecule has 1 saturated heterocycles. The number of likely N-dealkylation sites (N-methyl/N-ethyl adjacent to an activating group) is 1. The second kappa shape index (κ2) is 5.14. The van der Waals surface area contributed by atoms with Crippen LogP contribution in [0.1, 0.15) is 0 Å². The molecule has 1 aromatic rings. The fourth-order valence-electron chi connectivity index (χ4n) is 1.77. The van der Waals surface area contributed by atoms with E-state index in [9.17, 15) is 14.0 Å². The van der Waals surface area contributed by atoms with Crippen LogP contribution in [0.2, 0.25) is 0 Å². The van der Waals surface area contributed by atoms with Gasteiger partial charge in [0, 0.05) is 19.3 Å². The van der Waals surface area contributed by atoms with E-state index in [1.807, 2.05) is 0 Å². The lowest BCUT2D eigenvalue weighted by molar-refractivity contribution is -0.125. The van der Waals surface area contributed by atoms with Crippen molar-refractivity contribution in [1.82, 2.24) is 10.6 Å². The first-order chi connectivity index (χ1) is 8.58. The van der Waals surface area contributed by atoms with Gasteiger partial charge in [-0.3, -0.25) is 14.9 Å². The van der Waals surface area contributed by atoms with Gasteiger partial charge < -0.3 is 10.2 Å². The molecule has 1 atom stereocenters. The monoisotopic (exact) mass is 251 g/mol. The third-order valence-electron chi connectivity index (χ3n) is 2.85. The van der Waals surface area contributed by atoms with E-state index in [0.717, 1.165) is 0 Å². The standard InChI is InChI=1S/C12H14FN3O2/c1-16(9-4-2-8(13)3-5-9)12(18)10-6-15-11(17)7-14-10/h2-5,10,14H,6-7H2,1H3,(H,15,17). The average molecular weight is 251 g/mol. The second-order valence-corrected chi connectivity index (χ2v) is 4.11. The van der Waals surface area contributed by atoms with Crippen LogP contribution in [-0.2, 0) is 9.59 Å². The van der Waals surface area contributed by atoms with Crippen molar-refractivity contribution in [2.45, 2.75) is 6.04 Å². The molecule has 1 fully saturated rings. The number of carbonyl (C=O) groups excluding carboxylic acids is 2. The van der Waals surface area contributed by atoms with Crippen molar-refractivity contribution in [3.8, 4) is 0 Å². The highest BCUT2D eigenvalue weighted by molar-refractivity contribution is 5.98. The van der Waals surface area contributed by atoms with Gasteiger partial charge >= 0.3 is 0 Å². The summed E-state index contributed by atoms with van der Waals surface area (Å²) >= 11 is 0. The van der Waals surface area contributed by atoms with Crippen LogP contribution in [0.5, 0.6) is 0 Å². The maximum Gasteiger partial charge on any atom is 0.245 e. The van der Waals surface area contributed by atoms with E-state index in [1.54, 1.807) is 7.05 Å². The first kappa shape index (κ1) is 12.5. The number of nitrogens with one attached hydrogen (secondary N) is 2. The molecule has 0 spiro atoms. The lowest BCUT2D eigenvalue weighted by Crippen LogP contribution is -2.58. The van der Waals surface area contributed by atoms with Crippen LogP contribution in [0.3, 0.4) is 0 Å². The van der Waals surface area contributed by atoms with E-state index >= 15 is 0 Å². The van der Waals surface area contributed by atoms with Gasteiger partial charge in [-0.1, -0.05) is 0 Å². The number of hydrogen-bond acceptors (Lipinski definition) is 3. The van der Waals surface area contributed by atoms with Crippen LogP contribution in [-0.4, -0.2) is 38.0 Å². The molecule has 0 saturated carbocycles. The van der Waals surface area contributed by atoms with Crippen LogP contribution in [0.15, 0.2) is 24.3 Å². The Hall–Kier alpha value is -1.95. The molecule has 0 radical (unpaired) electrons. The van der Waals surface area contributed by atoms with Gasteiger partial charge in [-0.15, -0.1) is 0 Å². The van der Waals surface area contributed by atoms with Crippen LogP contribution >= 0.6 is 0 Å². The van der Waals surface area contributed by atoms with Gasteiger partial charge in [0.05, 0.1) is 6.54 Å². The summed E-state index contributed by atoms with van der Waals surface area (Å²) in [6.45, 7) is 0.400. The maximum atomic E-state index is 12.8. The minimum atomic E-state index is -0.447. The lowest BCUT2D eigenvalue weighted by atomic mass is 10.2. The van der Waals surface area contributed by atoms with E-state index in [2.05, 4.69) is 10.6 Å². The zero-order valence-electron chi connectivity index (χ0n) is 9.94. The number of nitrogens with zero attached hydrogens (tertiary/aromatic N) is 1. The minimum Gasteiger partial charge on any atom is -0.353 e. The van der Waals surface area contributed by atoms with Gasteiger partial charge in [-0.25, -0.2) is 4.39 Å². The van der Waals surface area contributed by atoms with E-state index in [4.69, 9.17) is 0 Å². The van der Waals surface area contributed by atoms with Crippen molar-refractivity contribution in [2.24, 2.45) is 0 Å². The van der Waals surface area contributed by atoms with E-state index in [1.165, 1.54) is 29.2 Å². The zero-order valence-corrected chi connectivity index (χ0v) is 9.94. The Labute approximate surface area is 104 Å². The maximum absolute atomic E-state index is 12.8. The van der Waals surface area contributed by atoms with Gasteiger partial charge in [0.15, 0.2) is 0 Å². The molecule has 96 valence electrons. The van der Waals surface area contributed by atoms with Crippen molar-refractivity contribution in [1.29, 1.82) is 0 Å². The number of amides is 2. The Morgan fingerprint density at radius 3 is 2.61 bits per heavy atom. The normalized spacial score (nSPS) is 19.2. The SMILES string of the molecule is CN(C(=O)C1CNC(=O)CN1)c1ccc(F)cc1. The first-order valence-corrected chi connectivity index (χ1v) is 5.61. The number of carbonyl (C=O) groups is 2. The fourth-order valence-corrected chi connectivity index (χ4v) is 1.77. The highest BCUT2D eigenvalue weighted by Gasteiger charge is 2.26. The molecule has 5 nitrogen and oxygen atoms in total. The van der Waals surface area contributed by atoms with E-state index in [0.29, 0.717) is 5.69 Å². The molecule has 1 aliphatic rings. The Morgan fingerprint density at radius 2 is 2.06 bits per heavy atom. The van der Waals surface area contributed by atoms with Gasteiger partial charge in [0.25, 0.3) is 0 Å². The van der Waals surface area contributed by atoms with Gasteiger partial charge in [-0.05, 0) is 24.3 Å². The predicted octanol–water partition coefficient (Wildman–Crippen LogP) is -0.123. The summed E-state index contributed by atoms with van der Waals surface area (Å²) in [6, 6.07) is 5.23. The van der Waals surface area contributed by atoms with E-state index in [-0.39, 0.29) is 30.7 Å². The topological polar surface area (TPSA) is 61.4 Å². The van der Waals surface area contributed by atoms with Gasteiger partial charge in [0.2, 0.25) is 11.8 Å². The Morgan fingerprint density at radius 1 is 1.39 bits per heavy atom. The number of piperazine rings is 1. The molecule has 1 aromatic carbocycles. The summed E-state index contributed by atoms with van der Waals surface area (Å²) in [5, 5.41) is 5.47. The molecule has 2 N–H and O–H groups in total. The van der Waals surface area contributed by atoms with Crippen LogP contribution in [0, 0.1) is 5.82 Å². The molecular weight excluding hydrogens is 237 g/mol. The molecule has 0 aromatic heterocycles. The van der Waals surface area contributed by atoms with Crippen molar-refractivity contribution in [2.75, 3.05) is 25.0 Å². The fraction of sp³-hybridized carbons (Fsp3) is 0.333. The number of rotatable bonds is 2. The molecule has 2 amide bonds. The van der Waals surface area contributed by atoms with Crippen molar-refractivity contribution < 1.29 is 14.0 Å². The molecule has 0 aliphatic carbocycles. The smallest absolute Gasteiger partial charge is 0.245 e. The molecule has 0 bridgehead atoms. The molecule has 18 heavy (non-hydrogen) atoms. The number of halogens is 1. The molecular formula is C12H14FN3O2. The third kappa shape index (κ3) is 2.65. The Balaban J connectivity index is 2.04. The van der Waals surface area contributed by atoms with Crippen molar-refractivity contribution in [3.63, 3.8) is 0 Å². The van der Waals surface area contributed by atoms with Gasteiger partial charge in [-0.2, -0.15) is 0 Å². The largest absolute Gasteiger partial charge is 0.353 e. The van der Waals surface area contributed by atoms with Crippen LogP contribution in [0.4, 0.5) is 10.1 Å². The zero-order chi connectivity index (χ0) is 13.1. The van der Waals surface area contributed by atoms with Gasteiger partial charge in [0.1, 0.15) is 11.9 Å². The molecule has 1 heterocycles. The summed E-state index contributed by atoms with van der Waals surface area (Å²) in [4.78, 5) is 24.5. The average Bonchev–Trinajstić information content (AvgIpc) is 2.39.